The number of aromatic nitrogens is 4. The van der Waals surface area contributed by atoms with E-state index in [1.807, 2.05) is 12.1 Å². The number of nitrogens with zero attached hydrogens (tertiary/aromatic N) is 5. The van der Waals surface area contributed by atoms with E-state index in [1.54, 1.807) is 24.5 Å². The predicted molar refractivity (Wildman–Crippen MR) is 168 cm³/mol. The normalized spacial score (nSPS) is 13.9. The highest BCUT2D eigenvalue weighted by atomic mass is 19.2. The molecule has 0 atom stereocenters. The van der Waals surface area contributed by atoms with Crippen LogP contribution in [-0.4, -0.2) is 68.4 Å². The summed E-state index contributed by atoms with van der Waals surface area (Å²) in [5.41, 5.74) is 2.61. The second kappa shape index (κ2) is 13.3. The van der Waals surface area contributed by atoms with E-state index in [0.29, 0.717) is 46.3 Å². The van der Waals surface area contributed by atoms with Crippen LogP contribution in [0, 0.1) is 17.6 Å². The first-order chi connectivity index (χ1) is 22.2. The molecular weight excluding hydrogens is 596 g/mol. The maximum atomic E-state index is 13.9. The third-order valence-electron chi connectivity index (χ3n) is 7.91. The van der Waals surface area contributed by atoms with Crippen LogP contribution in [-0.2, 0) is 11.3 Å². The summed E-state index contributed by atoms with van der Waals surface area (Å²) in [5, 5.41) is 20.6. The lowest BCUT2D eigenvalue weighted by Crippen LogP contribution is -2.32. The zero-order valence-electron chi connectivity index (χ0n) is 24.9. The van der Waals surface area contributed by atoms with Crippen LogP contribution < -0.4 is 15.4 Å². The van der Waals surface area contributed by atoms with Crippen LogP contribution in [0.15, 0.2) is 73.4 Å². The molecule has 0 spiro atoms. The molecule has 3 N–H and O–H groups in total. The van der Waals surface area contributed by atoms with Crippen LogP contribution in [0.25, 0.3) is 22.0 Å². The van der Waals surface area contributed by atoms with Gasteiger partial charge in [-0.15, -0.1) is 0 Å². The SMILES string of the molecule is CN1CCC(COc2cc3ncncc3cc2-c2cc(Nc3cnn(CC(=O)Nc4cccc(F)c4F)c3)ccc2C(=O)O)CC1. The fourth-order valence-electron chi connectivity index (χ4n) is 5.43. The maximum Gasteiger partial charge on any atom is 0.336 e. The van der Waals surface area contributed by atoms with Crippen LogP contribution in [0.1, 0.15) is 23.2 Å². The molecule has 1 aliphatic rings. The number of hydrogen-bond acceptors (Lipinski definition) is 8. The van der Waals surface area contributed by atoms with Crippen molar-refractivity contribution >= 4 is 39.8 Å². The molecule has 236 valence electrons. The first-order valence-corrected chi connectivity index (χ1v) is 14.7. The van der Waals surface area contributed by atoms with Crippen molar-refractivity contribution in [3.63, 3.8) is 0 Å². The molecule has 1 aliphatic heterocycles. The second-order valence-electron chi connectivity index (χ2n) is 11.3. The molecule has 1 amide bonds. The molecule has 13 heteroatoms. The first-order valence-electron chi connectivity index (χ1n) is 14.7. The Hall–Kier alpha value is -5.43. The van der Waals surface area contributed by atoms with Crippen molar-refractivity contribution in [3.8, 4) is 16.9 Å². The first kappa shape index (κ1) is 30.6. The number of hydrogen-bond donors (Lipinski definition) is 3. The van der Waals surface area contributed by atoms with E-state index < -0.39 is 23.5 Å². The van der Waals surface area contributed by atoms with Crippen LogP contribution in [0.5, 0.6) is 5.75 Å². The summed E-state index contributed by atoms with van der Waals surface area (Å²) >= 11 is 0. The minimum absolute atomic E-state index is 0.0860. The summed E-state index contributed by atoms with van der Waals surface area (Å²) in [7, 11) is 2.10. The third-order valence-corrected chi connectivity index (χ3v) is 7.91. The number of nitrogens with one attached hydrogen (secondary N) is 2. The highest BCUT2D eigenvalue weighted by Gasteiger charge is 2.21. The van der Waals surface area contributed by atoms with Crippen molar-refractivity contribution in [2.75, 3.05) is 37.4 Å². The highest BCUT2D eigenvalue weighted by molar-refractivity contribution is 6.00. The Balaban J connectivity index is 1.25. The van der Waals surface area contributed by atoms with Crippen LogP contribution in [0.2, 0.25) is 0 Å². The molecule has 0 unspecified atom stereocenters. The number of benzene rings is 3. The molecule has 3 heterocycles. The standard InChI is InChI=1S/C33H31F2N7O4/c1-41-9-7-20(8-10-41)18-46-30-13-29-21(14-36-19-37-29)11-26(30)25-12-22(5-6-24(25)33(44)45)39-23-15-38-42(16-23)17-31(43)40-28-4-2-3-27(34)32(28)35/h2-6,11-16,19-20,39H,7-10,17-18H2,1H3,(H,40,43)(H,44,45). The van der Waals surface area contributed by atoms with Gasteiger partial charge in [-0.2, -0.15) is 5.10 Å². The summed E-state index contributed by atoms with van der Waals surface area (Å²) in [6.07, 6.45) is 8.21. The summed E-state index contributed by atoms with van der Waals surface area (Å²) in [6, 6.07) is 12.0. The number of likely N-dealkylation sites (tertiary alicyclic amines) is 1. The van der Waals surface area contributed by atoms with E-state index in [-0.39, 0.29) is 17.8 Å². The number of anilines is 3. The number of fused-ring (bicyclic) bond motifs is 1. The van der Waals surface area contributed by atoms with Crippen molar-refractivity contribution in [1.82, 2.24) is 24.6 Å². The molecule has 5 aromatic rings. The number of piperidine rings is 1. The van der Waals surface area contributed by atoms with E-state index in [2.05, 4.69) is 37.6 Å². The number of carbonyl (C=O) groups is 2. The average Bonchev–Trinajstić information content (AvgIpc) is 3.48. The Kier molecular flexibility index (Phi) is 8.83. The molecule has 1 saturated heterocycles. The average molecular weight is 628 g/mol. The lowest BCUT2D eigenvalue weighted by atomic mass is 9.96. The van der Waals surface area contributed by atoms with Crippen molar-refractivity contribution in [2.45, 2.75) is 19.4 Å². The van der Waals surface area contributed by atoms with Gasteiger partial charge in [-0.3, -0.25) is 9.48 Å². The van der Waals surface area contributed by atoms with E-state index in [0.717, 1.165) is 37.4 Å². The summed E-state index contributed by atoms with van der Waals surface area (Å²) in [5.74, 6) is -3.00. The Labute approximate surface area is 262 Å². The van der Waals surface area contributed by atoms with Crippen LogP contribution >= 0.6 is 0 Å². The number of aromatic carboxylic acids is 1. The smallest absolute Gasteiger partial charge is 0.336 e. The van der Waals surface area contributed by atoms with Crippen molar-refractivity contribution < 1.29 is 28.2 Å². The number of carbonyl (C=O) groups excluding carboxylic acids is 1. The monoisotopic (exact) mass is 627 g/mol. The van der Waals surface area contributed by atoms with Gasteiger partial charge in [0.1, 0.15) is 18.6 Å². The van der Waals surface area contributed by atoms with E-state index in [4.69, 9.17) is 4.74 Å². The Morgan fingerprint density at radius 3 is 2.67 bits per heavy atom. The molecule has 3 aromatic carbocycles. The summed E-state index contributed by atoms with van der Waals surface area (Å²) in [6.45, 7) is 2.24. The van der Waals surface area contributed by atoms with Crippen LogP contribution in [0.3, 0.4) is 0 Å². The second-order valence-corrected chi connectivity index (χ2v) is 11.3. The number of rotatable bonds is 10. The van der Waals surface area contributed by atoms with Gasteiger partial charge < -0.3 is 25.4 Å². The topological polar surface area (TPSA) is 134 Å². The number of ether oxygens (including phenoxy) is 1. The molecule has 46 heavy (non-hydrogen) atoms. The van der Waals surface area contributed by atoms with Gasteiger partial charge in [-0.05, 0) is 75.3 Å². The van der Waals surface area contributed by atoms with Gasteiger partial charge in [0, 0.05) is 40.7 Å². The highest BCUT2D eigenvalue weighted by Crippen LogP contribution is 2.38. The molecule has 0 aliphatic carbocycles. The fraction of sp³-hybridized carbons (Fsp3) is 0.242. The zero-order valence-corrected chi connectivity index (χ0v) is 24.9. The maximum absolute atomic E-state index is 13.9. The largest absolute Gasteiger partial charge is 0.493 e. The Bertz CT molecular complexity index is 1910. The predicted octanol–water partition coefficient (Wildman–Crippen LogP) is 5.57. The van der Waals surface area contributed by atoms with E-state index in [1.165, 1.54) is 35.4 Å². The molecule has 0 bridgehead atoms. The van der Waals surface area contributed by atoms with Gasteiger partial charge in [0.05, 0.1) is 35.3 Å². The van der Waals surface area contributed by atoms with Gasteiger partial charge in [0.15, 0.2) is 11.6 Å². The molecule has 11 nitrogen and oxygen atoms in total. The van der Waals surface area contributed by atoms with E-state index >= 15 is 0 Å². The number of halogens is 2. The van der Waals surface area contributed by atoms with Gasteiger partial charge in [0.2, 0.25) is 5.91 Å². The molecule has 2 aromatic heterocycles. The van der Waals surface area contributed by atoms with Crippen LogP contribution in [0.4, 0.5) is 25.8 Å². The van der Waals surface area contributed by atoms with Gasteiger partial charge in [0.25, 0.3) is 0 Å². The van der Waals surface area contributed by atoms with Crippen molar-refractivity contribution in [3.05, 3.63) is 90.6 Å². The fourth-order valence-corrected chi connectivity index (χ4v) is 5.43. The van der Waals surface area contributed by atoms with Gasteiger partial charge in [-0.25, -0.2) is 23.5 Å². The lowest BCUT2D eigenvalue weighted by Gasteiger charge is -2.29. The zero-order chi connectivity index (χ0) is 32.2. The number of carboxylic acid groups (broad SMARTS) is 1. The van der Waals surface area contributed by atoms with Gasteiger partial charge in [-0.1, -0.05) is 6.07 Å². The van der Waals surface area contributed by atoms with Crippen molar-refractivity contribution in [2.24, 2.45) is 5.92 Å². The van der Waals surface area contributed by atoms with Crippen molar-refractivity contribution in [1.29, 1.82) is 0 Å². The molecule has 0 saturated carbocycles. The summed E-state index contributed by atoms with van der Waals surface area (Å²) in [4.78, 5) is 35.6. The molecular formula is C33H31F2N7O4. The number of amides is 1. The molecule has 1 fully saturated rings. The molecule has 6 rings (SSSR count). The minimum atomic E-state index is -1.14. The number of carboxylic acids is 1. The third kappa shape index (κ3) is 6.94. The lowest BCUT2D eigenvalue weighted by molar-refractivity contribution is -0.116. The molecule has 0 radical (unpaired) electrons. The Morgan fingerprint density at radius 1 is 1.04 bits per heavy atom. The van der Waals surface area contributed by atoms with E-state index in [9.17, 15) is 23.5 Å². The van der Waals surface area contributed by atoms with Gasteiger partial charge >= 0.3 is 5.97 Å². The minimum Gasteiger partial charge on any atom is -0.493 e. The summed E-state index contributed by atoms with van der Waals surface area (Å²) < 4.78 is 35.2. The quantitative estimate of drug-likeness (QED) is 0.182. The Morgan fingerprint density at radius 2 is 1.87 bits per heavy atom.